The molecule has 1 N–H and O–H groups in total. The van der Waals surface area contributed by atoms with Crippen LogP contribution in [0.5, 0.6) is 5.75 Å². The molecule has 1 saturated heterocycles. The first-order chi connectivity index (χ1) is 12.2. The summed E-state index contributed by atoms with van der Waals surface area (Å²) in [4.78, 5) is 14.5. The molecule has 0 radical (unpaired) electrons. The molecule has 1 atom stereocenters. The summed E-state index contributed by atoms with van der Waals surface area (Å²) < 4.78 is 10.9. The standard InChI is InChI=1S/C18H21ClN2O3S/c19-15-2-1-3-16(10-15)24-12-18(22)20-11-17(14-4-9-25-13-14)21-5-7-23-8-6-21/h1-4,9-10,13,17H,5-8,11-12H2,(H,20,22). The van der Waals surface area contributed by atoms with Gasteiger partial charge in [-0.2, -0.15) is 11.3 Å². The number of thiophene rings is 1. The van der Waals surface area contributed by atoms with Crippen molar-refractivity contribution in [2.45, 2.75) is 6.04 Å². The number of halogens is 1. The number of benzene rings is 1. The van der Waals surface area contributed by atoms with Crippen molar-refractivity contribution in [3.63, 3.8) is 0 Å². The van der Waals surface area contributed by atoms with Gasteiger partial charge >= 0.3 is 0 Å². The van der Waals surface area contributed by atoms with Gasteiger partial charge in [-0.3, -0.25) is 9.69 Å². The number of amides is 1. The largest absolute Gasteiger partial charge is 0.484 e. The molecule has 7 heteroatoms. The van der Waals surface area contributed by atoms with Crippen LogP contribution < -0.4 is 10.1 Å². The summed E-state index contributed by atoms with van der Waals surface area (Å²) in [6, 6.07) is 9.30. The number of nitrogens with one attached hydrogen (secondary N) is 1. The Morgan fingerprint density at radius 2 is 2.20 bits per heavy atom. The Kier molecular flexibility index (Phi) is 6.69. The molecule has 0 aliphatic carbocycles. The molecule has 1 amide bonds. The molecule has 0 bridgehead atoms. The number of carbonyl (C=O) groups excluding carboxylic acids is 1. The van der Waals surface area contributed by atoms with Crippen molar-refractivity contribution in [3.8, 4) is 5.75 Å². The van der Waals surface area contributed by atoms with Crippen LogP contribution in [0.2, 0.25) is 5.02 Å². The van der Waals surface area contributed by atoms with Gasteiger partial charge in [0.25, 0.3) is 5.91 Å². The maximum Gasteiger partial charge on any atom is 0.258 e. The predicted molar refractivity (Wildman–Crippen MR) is 99.4 cm³/mol. The number of nitrogens with zero attached hydrogens (tertiary/aromatic N) is 1. The number of hydrogen-bond donors (Lipinski definition) is 1. The van der Waals surface area contributed by atoms with Gasteiger partial charge in [-0.05, 0) is 40.6 Å². The van der Waals surface area contributed by atoms with Crippen LogP contribution in [-0.4, -0.2) is 50.3 Å². The van der Waals surface area contributed by atoms with E-state index in [2.05, 4.69) is 27.0 Å². The van der Waals surface area contributed by atoms with E-state index < -0.39 is 0 Å². The molecule has 2 aromatic rings. The van der Waals surface area contributed by atoms with Gasteiger partial charge < -0.3 is 14.8 Å². The van der Waals surface area contributed by atoms with Crippen molar-refractivity contribution in [3.05, 3.63) is 51.7 Å². The highest BCUT2D eigenvalue weighted by Gasteiger charge is 2.23. The summed E-state index contributed by atoms with van der Waals surface area (Å²) in [5, 5.41) is 7.76. The van der Waals surface area contributed by atoms with Crippen LogP contribution in [0.25, 0.3) is 0 Å². The van der Waals surface area contributed by atoms with E-state index in [9.17, 15) is 4.79 Å². The van der Waals surface area contributed by atoms with Gasteiger partial charge in [-0.25, -0.2) is 0 Å². The lowest BCUT2D eigenvalue weighted by atomic mass is 10.1. The van der Waals surface area contributed by atoms with Gasteiger partial charge in [0.2, 0.25) is 0 Å². The first-order valence-corrected chi connectivity index (χ1v) is 9.53. The third-order valence-electron chi connectivity index (χ3n) is 4.07. The minimum atomic E-state index is -0.145. The van der Waals surface area contributed by atoms with E-state index in [1.165, 1.54) is 5.56 Å². The lowest BCUT2D eigenvalue weighted by Crippen LogP contribution is -2.44. The van der Waals surface area contributed by atoms with Crippen LogP contribution in [0.15, 0.2) is 41.1 Å². The van der Waals surface area contributed by atoms with Crippen molar-refractivity contribution in [2.75, 3.05) is 39.5 Å². The highest BCUT2D eigenvalue weighted by molar-refractivity contribution is 7.07. The van der Waals surface area contributed by atoms with Crippen LogP contribution in [-0.2, 0) is 9.53 Å². The van der Waals surface area contributed by atoms with Crippen molar-refractivity contribution in [1.82, 2.24) is 10.2 Å². The summed E-state index contributed by atoms with van der Waals surface area (Å²) in [6.45, 7) is 3.72. The van der Waals surface area contributed by atoms with Crippen LogP contribution in [0.4, 0.5) is 0 Å². The minimum absolute atomic E-state index is 0.0280. The van der Waals surface area contributed by atoms with Crippen LogP contribution in [0.1, 0.15) is 11.6 Å². The van der Waals surface area contributed by atoms with E-state index in [0.717, 1.165) is 26.3 Å². The molecule has 1 unspecified atom stereocenters. The third kappa shape index (κ3) is 5.44. The summed E-state index contributed by atoms with van der Waals surface area (Å²) in [5.74, 6) is 0.443. The maximum absolute atomic E-state index is 12.1. The van der Waals surface area contributed by atoms with Crippen LogP contribution >= 0.6 is 22.9 Å². The fourth-order valence-electron chi connectivity index (χ4n) is 2.78. The zero-order chi connectivity index (χ0) is 17.5. The summed E-state index contributed by atoms with van der Waals surface area (Å²) in [7, 11) is 0. The zero-order valence-corrected chi connectivity index (χ0v) is 15.4. The first-order valence-electron chi connectivity index (χ1n) is 8.21. The minimum Gasteiger partial charge on any atom is -0.484 e. The summed E-state index contributed by atoms with van der Waals surface area (Å²) >= 11 is 7.58. The zero-order valence-electron chi connectivity index (χ0n) is 13.8. The highest BCUT2D eigenvalue weighted by Crippen LogP contribution is 2.23. The molecule has 1 fully saturated rings. The number of morpholine rings is 1. The Balaban J connectivity index is 1.52. The maximum atomic E-state index is 12.1. The quantitative estimate of drug-likeness (QED) is 0.802. The SMILES string of the molecule is O=C(COc1cccc(Cl)c1)NCC(c1ccsc1)N1CCOCC1. The van der Waals surface area contributed by atoms with Crippen LogP contribution in [0, 0.1) is 0 Å². The summed E-state index contributed by atoms with van der Waals surface area (Å²) in [6.07, 6.45) is 0. The molecule has 1 aliphatic heterocycles. The normalized spacial score (nSPS) is 16.4. The first kappa shape index (κ1) is 18.2. The Labute approximate surface area is 156 Å². The number of rotatable bonds is 7. The van der Waals surface area contributed by atoms with Crippen molar-refractivity contribution < 1.29 is 14.3 Å². The molecular formula is C18H21ClN2O3S. The summed E-state index contributed by atoms with van der Waals surface area (Å²) in [5.41, 5.74) is 1.22. The Bertz CT molecular complexity index is 675. The van der Waals surface area contributed by atoms with E-state index in [1.807, 2.05) is 0 Å². The molecule has 1 aromatic carbocycles. The van der Waals surface area contributed by atoms with Gasteiger partial charge in [-0.15, -0.1) is 0 Å². The van der Waals surface area contributed by atoms with Crippen LogP contribution in [0.3, 0.4) is 0 Å². The highest BCUT2D eigenvalue weighted by atomic mass is 35.5. The molecule has 0 saturated carbocycles. The van der Waals surface area contributed by atoms with Gasteiger partial charge in [-0.1, -0.05) is 17.7 Å². The van der Waals surface area contributed by atoms with E-state index in [0.29, 0.717) is 17.3 Å². The van der Waals surface area contributed by atoms with E-state index in [1.54, 1.807) is 35.6 Å². The van der Waals surface area contributed by atoms with E-state index in [-0.39, 0.29) is 18.6 Å². The lowest BCUT2D eigenvalue weighted by Gasteiger charge is -2.34. The number of ether oxygens (including phenoxy) is 2. The molecule has 3 rings (SSSR count). The van der Waals surface area contributed by atoms with E-state index >= 15 is 0 Å². The van der Waals surface area contributed by atoms with Crippen molar-refractivity contribution in [1.29, 1.82) is 0 Å². The molecule has 2 heterocycles. The molecule has 5 nitrogen and oxygen atoms in total. The molecule has 134 valence electrons. The average Bonchev–Trinajstić information content (AvgIpc) is 3.15. The second-order valence-electron chi connectivity index (χ2n) is 5.77. The second-order valence-corrected chi connectivity index (χ2v) is 6.99. The topological polar surface area (TPSA) is 50.8 Å². The fraction of sp³-hybridized carbons (Fsp3) is 0.389. The Morgan fingerprint density at radius 1 is 1.36 bits per heavy atom. The molecule has 1 aromatic heterocycles. The fourth-order valence-corrected chi connectivity index (χ4v) is 3.67. The van der Waals surface area contributed by atoms with Gasteiger partial charge in [0, 0.05) is 24.7 Å². The third-order valence-corrected chi connectivity index (χ3v) is 5.01. The van der Waals surface area contributed by atoms with Gasteiger partial charge in [0.1, 0.15) is 5.75 Å². The Morgan fingerprint density at radius 3 is 2.92 bits per heavy atom. The molecule has 0 spiro atoms. The average molecular weight is 381 g/mol. The predicted octanol–water partition coefficient (Wildman–Crippen LogP) is 2.97. The smallest absolute Gasteiger partial charge is 0.258 e. The van der Waals surface area contributed by atoms with Gasteiger partial charge in [0.05, 0.1) is 19.3 Å². The molecular weight excluding hydrogens is 360 g/mol. The Hall–Kier alpha value is -1.60. The lowest BCUT2D eigenvalue weighted by molar-refractivity contribution is -0.123. The van der Waals surface area contributed by atoms with Gasteiger partial charge in [0.15, 0.2) is 6.61 Å². The monoisotopic (exact) mass is 380 g/mol. The number of carbonyl (C=O) groups is 1. The number of hydrogen-bond acceptors (Lipinski definition) is 5. The van der Waals surface area contributed by atoms with E-state index in [4.69, 9.17) is 21.1 Å². The van der Waals surface area contributed by atoms with Crippen molar-refractivity contribution >= 4 is 28.8 Å². The molecule has 1 aliphatic rings. The second kappa shape index (κ2) is 9.20. The molecule has 25 heavy (non-hydrogen) atoms. The van der Waals surface area contributed by atoms with Crippen molar-refractivity contribution in [2.24, 2.45) is 0 Å².